The van der Waals surface area contributed by atoms with Crippen LogP contribution in [0.2, 0.25) is 0 Å². The molecular weight excluding hydrogens is 250 g/mol. The van der Waals surface area contributed by atoms with E-state index in [1.54, 1.807) is 17.9 Å². The van der Waals surface area contributed by atoms with Crippen molar-refractivity contribution in [1.82, 2.24) is 10.1 Å². The van der Waals surface area contributed by atoms with E-state index < -0.39 is 0 Å². The van der Waals surface area contributed by atoms with Crippen molar-refractivity contribution in [3.63, 3.8) is 0 Å². The molecule has 1 heterocycles. The lowest BCUT2D eigenvalue weighted by molar-refractivity contribution is -0.138. The number of aromatic nitrogens is 1. The molecular formula is C12H17N3O4. The highest BCUT2D eigenvalue weighted by Gasteiger charge is 2.33. The summed E-state index contributed by atoms with van der Waals surface area (Å²) in [7, 11) is 1.46. The third-order valence-corrected chi connectivity index (χ3v) is 2.79. The van der Waals surface area contributed by atoms with Crippen molar-refractivity contribution in [2.24, 2.45) is 0 Å². The Balaban J connectivity index is 1.89. The minimum Gasteiger partial charge on any atom is -0.375 e. The van der Waals surface area contributed by atoms with Gasteiger partial charge in [0.2, 0.25) is 11.8 Å². The van der Waals surface area contributed by atoms with Crippen molar-refractivity contribution in [2.75, 3.05) is 25.6 Å². The fourth-order valence-electron chi connectivity index (χ4n) is 1.78. The van der Waals surface area contributed by atoms with E-state index in [2.05, 4.69) is 10.5 Å². The molecule has 7 nitrogen and oxygen atoms in total. The molecule has 0 saturated heterocycles. The smallest absolute Gasteiger partial charge is 0.249 e. The molecule has 2 rings (SSSR count). The molecule has 1 aromatic rings. The molecule has 19 heavy (non-hydrogen) atoms. The maximum absolute atomic E-state index is 11.8. The minimum absolute atomic E-state index is 0.00709. The Kier molecular flexibility index (Phi) is 4.16. The number of anilines is 1. The summed E-state index contributed by atoms with van der Waals surface area (Å²) in [4.78, 5) is 25.2. The maximum atomic E-state index is 11.8. The summed E-state index contributed by atoms with van der Waals surface area (Å²) in [5.41, 5.74) is 0. The van der Waals surface area contributed by atoms with E-state index in [0.717, 1.165) is 12.8 Å². The zero-order valence-electron chi connectivity index (χ0n) is 11.0. The molecule has 0 radical (unpaired) electrons. The lowest BCUT2D eigenvalue weighted by atomic mass is 10.4. The minimum atomic E-state index is -0.287. The SMILES string of the molecule is COCC(=O)N(CC(=O)Nc1cc(C)on1)C1CC1. The van der Waals surface area contributed by atoms with Crippen LogP contribution in [0.25, 0.3) is 0 Å². The van der Waals surface area contributed by atoms with Gasteiger partial charge in [0, 0.05) is 19.2 Å². The molecule has 0 aliphatic heterocycles. The van der Waals surface area contributed by atoms with Crippen LogP contribution in [0.3, 0.4) is 0 Å². The highest BCUT2D eigenvalue weighted by Crippen LogP contribution is 2.26. The topological polar surface area (TPSA) is 84.7 Å². The third kappa shape index (κ3) is 3.78. The van der Waals surface area contributed by atoms with Crippen LogP contribution in [0.1, 0.15) is 18.6 Å². The summed E-state index contributed by atoms with van der Waals surface area (Å²) in [6, 6.07) is 1.78. The van der Waals surface area contributed by atoms with E-state index in [0.29, 0.717) is 11.6 Å². The molecule has 7 heteroatoms. The quantitative estimate of drug-likeness (QED) is 0.814. The van der Waals surface area contributed by atoms with Gasteiger partial charge >= 0.3 is 0 Å². The number of hydrogen-bond donors (Lipinski definition) is 1. The molecule has 1 aromatic heterocycles. The van der Waals surface area contributed by atoms with Crippen molar-refractivity contribution in [2.45, 2.75) is 25.8 Å². The summed E-state index contributed by atoms with van der Waals surface area (Å²) < 4.78 is 9.67. The van der Waals surface area contributed by atoms with Crippen LogP contribution < -0.4 is 5.32 Å². The van der Waals surface area contributed by atoms with E-state index in [4.69, 9.17) is 9.26 Å². The molecule has 0 spiro atoms. The zero-order chi connectivity index (χ0) is 13.8. The van der Waals surface area contributed by atoms with E-state index in [9.17, 15) is 9.59 Å². The van der Waals surface area contributed by atoms with Gasteiger partial charge < -0.3 is 19.5 Å². The van der Waals surface area contributed by atoms with Gasteiger partial charge in [-0.3, -0.25) is 9.59 Å². The highest BCUT2D eigenvalue weighted by atomic mass is 16.5. The van der Waals surface area contributed by atoms with E-state index in [1.807, 2.05) is 0 Å². The van der Waals surface area contributed by atoms with Crippen LogP contribution in [-0.2, 0) is 14.3 Å². The van der Waals surface area contributed by atoms with Gasteiger partial charge in [-0.25, -0.2) is 0 Å². The number of nitrogens with zero attached hydrogens (tertiary/aromatic N) is 2. The van der Waals surface area contributed by atoms with Crippen molar-refractivity contribution in [3.05, 3.63) is 11.8 Å². The van der Waals surface area contributed by atoms with Crippen molar-refractivity contribution >= 4 is 17.6 Å². The average Bonchev–Trinajstić information content (AvgIpc) is 3.11. The first kappa shape index (κ1) is 13.5. The Bertz CT molecular complexity index is 467. The summed E-state index contributed by atoms with van der Waals surface area (Å²) in [5, 5.41) is 6.26. The molecule has 1 aliphatic carbocycles. The second kappa shape index (κ2) is 5.83. The predicted molar refractivity (Wildman–Crippen MR) is 66.5 cm³/mol. The largest absolute Gasteiger partial charge is 0.375 e. The number of nitrogens with one attached hydrogen (secondary N) is 1. The standard InChI is InChI=1S/C12H17N3O4/c1-8-5-10(14-19-8)13-11(16)6-15(9-3-4-9)12(17)7-18-2/h5,9H,3-4,6-7H2,1-2H3,(H,13,14,16). The average molecular weight is 267 g/mol. The number of amides is 2. The van der Waals surface area contributed by atoms with Gasteiger partial charge in [-0.2, -0.15) is 0 Å². The first-order chi connectivity index (χ1) is 9.10. The molecule has 0 atom stereocenters. The first-order valence-electron chi connectivity index (χ1n) is 6.11. The third-order valence-electron chi connectivity index (χ3n) is 2.79. The molecule has 1 fully saturated rings. The van der Waals surface area contributed by atoms with Crippen LogP contribution in [-0.4, -0.2) is 48.2 Å². The maximum Gasteiger partial charge on any atom is 0.249 e. The van der Waals surface area contributed by atoms with Crippen molar-refractivity contribution in [1.29, 1.82) is 0 Å². The monoisotopic (exact) mass is 267 g/mol. The lowest BCUT2D eigenvalue weighted by Gasteiger charge is -2.21. The summed E-state index contributed by atoms with van der Waals surface area (Å²) in [5.74, 6) is 0.517. The van der Waals surface area contributed by atoms with Gasteiger partial charge in [0.25, 0.3) is 0 Å². The number of carbonyl (C=O) groups is 2. The number of rotatable bonds is 6. The van der Waals surface area contributed by atoms with Crippen LogP contribution in [0.5, 0.6) is 0 Å². The number of methoxy groups -OCH3 is 1. The predicted octanol–water partition coefficient (Wildman–Crippen LogP) is 0.559. The number of ether oxygens (including phenoxy) is 1. The molecule has 0 aromatic carbocycles. The van der Waals surface area contributed by atoms with E-state index >= 15 is 0 Å². The second-order valence-corrected chi connectivity index (χ2v) is 4.56. The van der Waals surface area contributed by atoms with Gasteiger partial charge in [-0.15, -0.1) is 0 Å². The van der Waals surface area contributed by atoms with Gasteiger partial charge in [-0.1, -0.05) is 5.16 Å². The number of carbonyl (C=O) groups excluding carboxylic acids is 2. The fourth-order valence-corrected chi connectivity index (χ4v) is 1.78. The lowest BCUT2D eigenvalue weighted by Crippen LogP contribution is -2.41. The van der Waals surface area contributed by atoms with Crippen LogP contribution in [0.4, 0.5) is 5.82 Å². The van der Waals surface area contributed by atoms with Gasteiger partial charge in [-0.05, 0) is 19.8 Å². The molecule has 0 bridgehead atoms. The Labute approximate surface area is 110 Å². The van der Waals surface area contributed by atoms with Crippen LogP contribution >= 0.6 is 0 Å². The normalized spacial score (nSPS) is 14.2. The Morgan fingerprint density at radius 3 is 2.84 bits per heavy atom. The Morgan fingerprint density at radius 1 is 1.58 bits per heavy atom. The van der Waals surface area contributed by atoms with Crippen LogP contribution in [0.15, 0.2) is 10.6 Å². The fraction of sp³-hybridized carbons (Fsp3) is 0.583. The van der Waals surface area contributed by atoms with Gasteiger partial charge in [0.1, 0.15) is 18.9 Å². The van der Waals surface area contributed by atoms with Crippen LogP contribution in [0, 0.1) is 6.92 Å². The van der Waals surface area contributed by atoms with Gasteiger partial charge in [0.05, 0.1) is 0 Å². The Morgan fingerprint density at radius 2 is 2.32 bits per heavy atom. The molecule has 2 amide bonds. The summed E-state index contributed by atoms with van der Waals surface area (Å²) in [6.45, 7) is 1.74. The Hall–Kier alpha value is -1.89. The molecule has 104 valence electrons. The zero-order valence-corrected chi connectivity index (χ0v) is 11.0. The number of hydrogen-bond acceptors (Lipinski definition) is 5. The summed E-state index contributed by atoms with van der Waals surface area (Å²) >= 11 is 0. The molecule has 0 unspecified atom stereocenters. The van der Waals surface area contributed by atoms with Crippen molar-refractivity contribution in [3.8, 4) is 0 Å². The summed E-state index contributed by atoms with van der Waals surface area (Å²) in [6.07, 6.45) is 1.87. The molecule has 1 N–H and O–H groups in total. The van der Waals surface area contributed by atoms with E-state index in [1.165, 1.54) is 7.11 Å². The van der Waals surface area contributed by atoms with E-state index in [-0.39, 0.29) is 31.0 Å². The number of aryl methyl sites for hydroxylation is 1. The molecule has 1 saturated carbocycles. The highest BCUT2D eigenvalue weighted by molar-refractivity contribution is 5.94. The first-order valence-corrected chi connectivity index (χ1v) is 6.11. The molecule has 1 aliphatic rings. The van der Waals surface area contributed by atoms with Crippen molar-refractivity contribution < 1.29 is 18.8 Å². The van der Waals surface area contributed by atoms with Gasteiger partial charge in [0.15, 0.2) is 5.82 Å². The second-order valence-electron chi connectivity index (χ2n) is 4.56.